The molecule has 0 aromatic rings. The van der Waals surface area contributed by atoms with Crippen LogP contribution in [0.4, 0.5) is 0 Å². The molecule has 0 atom stereocenters. The van der Waals surface area contributed by atoms with Gasteiger partial charge in [-0.2, -0.15) is 8.42 Å². The second kappa shape index (κ2) is 11.6. The predicted molar refractivity (Wildman–Crippen MR) is 46.3 cm³/mol. The third-order valence-corrected chi connectivity index (χ3v) is 0.440. The number of rotatable bonds is 3. The molecule has 8 heteroatoms. The van der Waals surface area contributed by atoms with Crippen LogP contribution in [0.1, 0.15) is 6.92 Å². The van der Waals surface area contributed by atoms with Crippen LogP contribution in [0.15, 0.2) is 0 Å². The summed E-state index contributed by atoms with van der Waals surface area (Å²) in [5.74, 6) is 0. The van der Waals surface area contributed by atoms with Crippen molar-refractivity contribution >= 4 is 33.5 Å². The summed E-state index contributed by atoms with van der Waals surface area (Å²) < 4.78 is 36.3. The average Bonchev–Trinajstić information content (AvgIpc) is 1.79. The van der Waals surface area contributed by atoms with Crippen molar-refractivity contribution in [1.29, 1.82) is 0 Å². The molecular weight excluding hydrogens is 200 g/mol. The van der Waals surface area contributed by atoms with Crippen molar-refractivity contribution < 1.29 is 27.4 Å². The molecule has 0 bridgehead atoms. The van der Waals surface area contributed by atoms with Crippen LogP contribution < -0.4 is 0 Å². The Morgan fingerprint density at radius 1 is 1.33 bits per heavy atom. The van der Waals surface area contributed by atoms with Crippen molar-refractivity contribution in [1.82, 2.24) is 0 Å². The first-order chi connectivity index (χ1) is 4.91. The fourth-order valence-corrected chi connectivity index (χ4v) is 0.209. The molecule has 0 radical (unpaired) electrons. The van der Waals surface area contributed by atoms with Gasteiger partial charge >= 0.3 is 33.5 Å². The van der Waals surface area contributed by atoms with Gasteiger partial charge in [-0.1, -0.05) is 0 Å². The van der Waals surface area contributed by atoms with E-state index in [0.29, 0.717) is 13.2 Å². The van der Waals surface area contributed by atoms with Crippen molar-refractivity contribution in [2.75, 3.05) is 19.8 Å². The van der Waals surface area contributed by atoms with Gasteiger partial charge < -0.3 is 9.84 Å². The van der Waals surface area contributed by atoms with Crippen molar-refractivity contribution in [3.05, 3.63) is 0 Å². The van der Waals surface area contributed by atoms with E-state index in [0.717, 1.165) is 0 Å². The summed E-state index contributed by atoms with van der Waals surface area (Å²) in [7, 11) is -4.67. The third-order valence-electron chi connectivity index (χ3n) is 0.440. The van der Waals surface area contributed by atoms with Crippen LogP contribution in [0.25, 0.3) is 0 Å². The van der Waals surface area contributed by atoms with Crippen LogP contribution in [0, 0.1) is 0 Å². The second-order valence-corrected chi connectivity index (χ2v) is 2.26. The zero-order chi connectivity index (χ0) is 9.33. The Kier molecular flexibility index (Phi) is 17.7. The fraction of sp³-hybridized carbons (Fsp3) is 1.00. The summed E-state index contributed by atoms with van der Waals surface area (Å²) in [4.78, 5) is 0. The van der Waals surface area contributed by atoms with Gasteiger partial charge in [-0.15, -0.1) is 0 Å². The molecule has 0 aromatic heterocycles. The summed E-state index contributed by atoms with van der Waals surface area (Å²) in [6.45, 7) is 3.20. The minimum atomic E-state index is -4.67. The van der Waals surface area contributed by atoms with Crippen molar-refractivity contribution in [3.8, 4) is 0 Å². The van der Waals surface area contributed by atoms with E-state index in [9.17, 15) is 0 Å². The van der Waals surface area contributed by atoms with Crippen molar-refractivity contribution in [2.24, 2.45) is 0 Å². The first-order valence-corrected chi connectivity index (χ1v) is 4.20. The topological polar surface area (TPSA) is 104 Å². The lowest BCUT2D eigenvalue weighted by molar-refractivity contribution is 0.102. The molecule has 0 rings (SSSR count). The second-order valence-electron chi connectivity index (χ2n) is 1.37. The van der Waals surface area contributed by atoms with E-state index in [1.54, 1.807) is 0 Å². The Morgan fingerprint density at radius 3 is 1.75 bits per heavy atom. The third kappa shape index (κ3) is 76.2. The van der Waals surface area contributed by atoms with Gasteiger partial charge in [0.15, 0.2) is 0 Å². The number of hydrogen-bond donors (Lipinski definition) is 3. The molecule has 0 saturated heterocycles. The first kappa shape index (κ1) is 18.4. The molecule has 0 unspecified atom stereocenters. The van der Waals surface area contributed by atoms with E-state index in [-0.39, 0.29) is 29.7 Å². The highest BCUT2D eigenvalue weighted by Gasteiger charge is 1.84. The van der Waals surface area contributed by atoms with Gasteiger partial charge in [-0.3, -0.25) is 9.11 Å². The maximum absolute atomic E-state index is 8.74. The summed E-state index contributed by atoms with van der Waals surface area (Å²) in [6.07, 6.45) is 0. The Morgan fingerprint density at radius 2 is 1.67 bits per heavy atom. The van der Waals surface area contributed by atoms with Gasteiger partial charge in [-0.05, 0) is 6.92 Å². The molecule has 0 spiro atoms. The summed E-state index contributed by atoms with van der Waals surface area (Å²) in [6, 6.07) is 0. The molecule has 0 fully saturated rings. The lowest BCUT2D eigenvalue weighted by atomic mass is 10.8. The maximum atomic E-state index is 8.74. The molecule has 3 N–H and O–H groups in total. The van der Waals surface area contributed by atoms with Crippen LogP contribution >= 0.6 is 0 Å². The first-order valence-electron chi connectivity index (χ1n) is 2.80. The molecule has 0 aliphatic carbocycles. The number of aliphatic hydroxyl groups excluding tert-OH is 1. The lowest BCUT2D eigenvalue weighted by Gasteiger charge is -1.91. The number of ether oxygens (including phenoxy) is 1. The fourth-order valence-electron chi connectivity index (χ4n) is 0.209. The number of aliphatic hydroxyl groups is 1. The number of hydrogen-bond acceptors (Lipinski definition) is 4. The summed E-state index contributed by atoms with van der Waals surface area (Å²) in [5, 5.41) is 8.07. The van der Waals surface area contributed by atoms with Crippen LogP contribution in [-0.4, -0.2) is 65.5 Å². The quantitative estimate of drug-likeness (QED) is 0.298. The standard InChI is InChI=1S/C4H10O2.Mg.H2O4S.2H/c1-2-6-4-3-5;;1-5(2,3)4;;/h5H,2-4H2,1H3;;(H2,1,2,3,4);;. The van der Waals surface area contributed by atoms with Crippen molar-refractivity contribution in [3.63, 3.8) is 0 Å². The zero-order valence-electron chi connectivity index (χ0n) is 6.10. The van der Waals surface area contributed by atoms with E-state index < -0.39 is 10.4 Å². The molecule has 74 valence electrons. The zero-order valence-corrected chi connectivity index (χ0v) is 6.91. The van der Waals surface area contributed by atoms with Gasteiger partial charge in [0.2, 0.25) is 0 Å². The molecule has 0 aliphatic rings. The summed E-state index contributed by atoms with van der Waals surface area (Å²) >= 11 is 0. The van der Waals surface area contributed by atoms with E-state index in [1.807, 2.05) is 6.92 Å². The highest BCUT2D eigenvalue weighted by Crippen LogP contribution is 1.66. The van der Waals surface area contributed by atoms with Gasteiger partial charge in [0.25, 0.3) is 0 Å². The SMILES string of the molecule is CCOCCO.O=S(=O)(O)O.[MgH2]. The molecule has 0 amide bonds. The predicted octanol–water partition coefficient (Wildman–Crippen LogP) is -1.55. The monoisotopic (exact) mass is 214 g/mol. The van der Waals surface area contributed by atoms with E-state index >= 15 is 0 Å². The van der Waals surface area contributed by atoms with Crippen LogP contribution in [0.3, 0.4) is 0 Å². The molecule has 0 aromatic carbocycles. The summed E-state index contributed by atoms with van der Waals surface area (Å²) in [5.41, 5.74) is 0. The van der Waals surface area contributed by atoms with E-state index in [2.05, 4.69) is 0 Å². The van der Waals surface area contributed by atoms with Crippen LogP contribution in [0.2, 0.25) is 0 Å². The Balaban J connectivity index is -0.000000126. The average molecular weight is 215 g/mol. The molecule has 12 heavy (non-hydrogen) atoms. The molecular formula is C4H14MgO6S. The minimum Gasteiger partial charge on any atom is -0.394 e. The molecule has 0 heterocycles. The lowest BCUT2D eigenvalue weighted by Crippen LogP contribution is -1.96. The smallest absolute Gasteiger partial charge is 0.394 e. The van der Waals surface area contributed by atoms with Gasteiger partial charge in [0.1, 0.15) is 0 Å². The maximum Gasteiger partial charge on any atom is 0.394 e. The molecule has 0 aliphatic heterocycles. The van der Waals surface area contributed by atoms with E-state index in [4.69, 9.17) is 27.4 Å². The van der Waals surface area contributed by atoms with E-state index in [1.165, 1.54) is 0 Å². The van der Waals surface area contributed by atoms with Crippen molar-refractivity contribution in [2.45, 2.75) is 6.92 Å². The Hall–Kier alpha value is 0.556. The van der Waals surface area contributed by atoms with Gasteiger partial charge in [0, 0.05) is 6.61 Å². The Labute approximate surface area is 87.6 Å². The molecule has 0 saturated carbocycles. The van der Waals surface area contributed by atoms with Gasteiger partial charge in [-0.25, -0.2) is 0 Å². The Bertz CT molecular complexity index is 143. The highest BCUT2D eigenvalue weighted by molar-refractivity contribution is 7.79. The normalized spacial score (nSPS) is 9.33. The van der Waals surface area contributed by atoms with Crippen LogP contribution in [-0.2, 0) is 15.1 Å². The highest BCUT2D eigenvalue weighted by atomic mass is 32.3. The largest absolute Gasteiger partial charge is 0.394 e. The molecule has 6 nitrogen and oxygen atoms in total. The van der Waals surface area contributed by atoms with Crippen LogP contribution in [0.5, 0.6) is 0 Å². The van der Waals surface area contributed by atoms with Gasteiger partial charge in [0.05, 0.1) is 13.2 Å². The minimum absolute atomic E-state index is 0.